The average Bonchev–Trinajstić information content (AvgIpc) is 3.59. The molecule has 0 spiro atoms. The van der Waals surface area contributed by atoms with Gasteiger partial charge in [-0.3, -0.25) is 4.79 Å². The predicted octanol–water partition coefficient (Wildman–Crippen LogP) is 4.94. The summed E-state index contributed by atoms with van der Waals surface area (Å²) in [6.07, 6.45) is 6.47. The van der Waals surface area contributed by atoms with Crippen LogP contribution in [-0.4, -0.2) is 98.3 Å². The summed E-state index contributed by atoms with van der Waals surface area (Å²) < 4.78 is 7.51. The van der Waals surface area contributed by atoms with Crippen LogP contribution in [-0.2, 0) is 9.53 Å². The van der Waals surface area contributed by atoms with Crippen LogP contribution in [0.3, 0.4) is 0 Å². The zero-order chi connectivity index (χ0) is 30.2. The molecule has 0 radical (unpaired) electrons. The molecule has 0 saturated carbocycles. The summed E-state index contributed by atoms with van der Waals surface area (Å²) in [5.41, 5.74) is 8.67. The largest absolute Gasteiger partial charge is 0.380 e. The maximum atomic E-state index is 13.4. The molecule has 1 amide bonds. The fourth-order valence-electron chi connectivity index (χ4n) is 6.83. The van der Waals surface area contributed by atoms with Crippen molar-refractivity contribution in [2.24, 2.45) is 0 Å². The maximum absolute atomic E-state index is 13.4. The van der Waals surface area contributed by atoms with Crippen molar-refractivity contribution in [3.63, 3.8) is 0 Å². The van der Waals surface area contributed by atoms with Crippen molar-refractivity contribution in [3.8, 4) is 11.3 Å². The minimum atomic E-state index is 0.114. The van der Waals surface area contributed by atoms with Crippen LogP contribution >= 0.6 is 0 Å². The molecule has 230 valence electrons. The maximum Gasteiger partial charge on any atom is 0.224 e. The minimum Gasteiger partial charge on any atom is -0.380 e. The highest BCUT2D eigenvalue weighted by atomic mass is 16.5. The number of nitrogens with one attached hydrogen (secondary N) is 1. The predicted molar refractivity (Wildman–Crippen MR) is 171 cm³/mol. The number of carbonyl (C=O) groups is 1. The first-order valence-electron chi connectivity index (χ1n) is 15.9. The van der Waals surface area contributed by atoms with E-state index in [1.54, 1.807) is 6.33 Å². The number of aromatic nitrogens is 5. The van der Waals surface area contributed by atoms with Gasteiger partial charge in [-0.15, -0.1) is 0 Å². The second-order valence-electron chi connectivity index (χ2n) is 12.8. The van der Waals surface area contributed by atoms with E-state index < -0.39 is 0 Å². The van der Waals surface area contributed by atoms with Crippen molar-refractivity contribution >= 4 is 28.4 Å². The van der Waals surface area contributed by atoms with Crippen molar-refractivity contribution in [1.29, 1.82) is 0 Å². The highest BCUT2D eigenvalue weighted by Gasteiger charge is 2.33. The van der Waals surface area contributed by atoms with Gasteiger partial charge >= 0.3 is 0 Å². The lowest BCUT2D eigenvalue weighted by molar-refractivity contribution is -0.134. The number of hydrogen-bond acceptors (Lipinski definition) is 7. The summed E-state index contributed by atoms with van der Waals surface area (Å²) in [5, 5.41) is 4.42. The zero-order valence-electron chi connectivity index (χ0n) is 26.6. The number of carbonyl (C=O) groups excluding carboxylic acids is 1. The number of piperazine rings is 1. The Balaban J connectivity index is 1.23. The minimum absolute atomic E-state index is 0.114. The lowest BCUT2D eigenvalue weighted by Crippen LogP contribution is -2.58. The Morgan fingerprint density at radius 3 is 2.72 bits per heavy atom. The molecule has 6 heterocycles. The summed E-state index contributed by atoms with van der Waals surface area (Å²) in [6, 6.07) is 4.56. The van der Waals surface area contributed by atoms with Gasteiger partial charge in [-0.1, -0.05) is 13.8 Å². The molecule has 2 aliphatic rings. The number of ether oxygens (including phenoxy) is 1. The fraction of sp³-hybridized carbons (Fsp3) is 0.576. The number of aromatic amines is 1. The number of amides is 1. The molecule has 43 heavy (non-hydrogen) atoms. The zero-order valence-corrected chi connectivity index (χ0v) is 26.6. The molecule has 0 bridgehead atoms. The third-order valence-corrected chi connectivity index (χ3v) is 9.45. The van der Waals surface area contributed by atoms with Gasteiger partial charge in [0.05, 0.1) is 23.3 Å². The van der Waals surface area contributed by atoms with E-state index in [2.05, 4.69) is 89.6 Å². The Morgan fingerprint density at radius 2 is 1.91 bits per heavy atom. The Kier molecular flexibility index (Phi) is 8.42. The van der Waals surface area contributed by atoms with E-state index in [1.807, 2.05) is 4.52 Å². The van der Waals surface area contributed by atoms with Gasteiger partial charge < -0.3 is 24.4 Å². The van der Waals surface area contributed by atoms with Crippen LogP contribution in [0.1, 0.15) is 69.6 Å². The smallest absolute Gasteiger partial charge is 0.224 e. The van der Waals surface area contributed by atoms with Crippen LogP contribution in [0, 0.1) is 13.8 Å². The SMILES string of the molecule is Cc1c(-c2[nH]c3ccc(N4C[C@@H](C)N(C(=O)CCN5CCCCOCC5)C[C@@H]4C)nc3c2C(C)C)cn2ncnc2c1C. The van der Waals surface area contributed by atoms with Crippen molar-refractivity contribution in [1.82, 2.24) is 34.4 Å². The number of pyridine rings is 2. The highest BCUT2D eigenvalue weighted by Crippen LogP contribution is 2.38. The molecular formula is C33H46N8O2. The van der Waals surface area contributed by atoms with Gasteiger partial charge in [0, 0.05) is 68.6 Å². The van der Waals surface area contributed by atoms with E-state index >= 15 is 0 Å². The average molecular weight is 587 g/mol. The third kappa shape index (κ3) is 5.74. The molecule has 2 fully saturated rings. The normalized spacial score (nSPS) is 20.7. The van der Waals surface area contributed by atoms with Crippen LogP contribution in [0.2, 0.25) is 0 Å². The van der Waals surface area contributed by atoms with Crippen molar-refractivity contribution < 1.29 is 9.53 Å². The molecule has 2 atom stereocenters. The number of fused-ring (bicyclic) bond motifs is 2. The van der Waals surface area contributed by atoms with Gasteiger partial charge in [-0.05, 0) is 76.3 Å². The molecule has 4 aromatic heterocycles. The molecule has 0 aliphatic carbocycles. The molecule has 0 unspecified atom stereocenters. The lowest BCUT2D eigenvalue weighted by Gasteiger charge is -2.45. The van der Waals surface area contributed by atoms with Crippen molar-refractivity contribution in [2.45, 2.75) is 78.8 Å². The second kappa shape index (κ2) is 12.2. The molecular weight excluding hydrogens is 540 g/mol. The molecule has 0 aromatic carbocycles. The summed E-state index contributed by atoms with van der Waals surface area (Å²) in [6.45, 7) is 18.9. The summed E-state index contributed by atoms with van der Waals surface area (Å²) in [4.78, 5) is 33.6. The molecule has 2 saturated heterocycles. The molecule has 4 aromatic rings. The van der Waals surface area contributed by atoms with Crippen molar-refractivity contribution in [3.05, 3.63) is 41.3 Å². The monoisotopic (exact) mass is 586 g/mol. The number of nitrogens with zero attached hydrogens (tertiary/aromatic N) is 7. The Hall–Kier alpha value is -3.50. The molecule has 6 rings (SSSR count). The van der Waals surface area contributed by atoms with E-state index in [9.17, 15) is 4.79 Å². The van der Waals surface area contributed by atoms with E-state index in [0.717, 1.165) is 91.6 Å². The third-order valence-electron chi connectivity index (χ3n) is 9.45. The van der Waals surface area contributed by atoms with Crippen LogP contribution in [0.4, 0.5) is 5.82 Å². The second-order valence-corrected chi connectivity index (χ2v) is 12.8. The standard InChI is InChI=1S/C33H46N8O2/c1-21(2)30-31(26-19-41-33(34-20-35-41)25(6)24(26)5)36-27-9-10-28(37-32(27)30)39-17-23(4)40(18-22(39)3)29(42)11-13-38-12-7-8-15-43-16-14-38/h9-10,19-23,36H,7-8,11-18H2,1-6H3/t22-,23+/m0/s1. The van der Waals surface area contributed by atoms with E-state index in [1.165, 1.54) is 11.1 Å². The molecule has 10 nitrogen and oxygen atoms in total. The van der Waals surface area contributed by atoms with Gasteiger partial charge in [-0.2, -0.15) is 5.10 Å². The van der Waals surface area contributed by atoms with Crippen LogP contribution in [0.5, 0.6) is 0 Å². The first-order valence-corrected chi connectivity index (χ1v) is 15.9. The topological polar surface area (TPSA) is 94.9 Å². The summed E-state index contributed by atoms with van der Waals surface area (Å²) >= 11 is 0. The van der Waals surface area contributed by atoms with E-state index in [0.29, 0.717) is 13.0 Å². The summed E-state index contributed by atoms with van der Waals surface area (Å²) in [7, 11) is 0. The fourth-order valence-corrected chi connectivity index (χ4v) is 6.83. The number of aryl methyl sites for hydroxylation is 1. The van der Waals surface area contributed by atoms with Gasteiger partial charge in [0.15, 0.2) is 5.65 Å². The van der Waals surface area contributed by atoms with Gasteiger partial charge in [0.1, 0.15) is 12.1 Å². The number of hydrogen-bond donors (Lipinski definition) is 1. The quantitative estimate of drug-likeness (QED) is 0.342. The Bertz CT molecular complexity index is 1600. The van der Waals surface area contributed by atoms with E-state index in [4.69, 9.17) is 9.72 Å². The van der Waals surface area contributed by atoms with Crippen molar-refractivity contribution in [2.75, 3.05) is 50.8 Å². The van der Waals surface area contributed by atoms with Gasteiger partial charge in [0.2, 0.25) is 5.91 Å². The molecule has 10 heteroatoms. The van der Waals surface area contributed by atoms with Crippen LogP contribution < -0.4 is 4.90 Å². The van der Waals surface area contributed by atoms with Gasteiger partial charge in [0.25, 0.3) is 0 Å². The Morgan fingerprint density at radius 1 is 1.07 bits per heavy atom. The first-order chi connectivity index (χ1) is 20.7. The summed E-state index contributed by atoms with van der Waals surface area (Å²) in [5.74, 6) is 1.48. The number of H-pyrrole nitrogens is 1. The number of rotatable bonds is 6. The van der Waals surface area contributed by atoms with Gasteiger partial charge in [-0.25, -0.2) is 14.5 Å². The number of anilines is 1. The Labute approximate surface area is 254 Å². The highest BCUT2D eigenvalue weighted by molar-refractivity contribution is 5.90. The molecule has 1 N–H and O–H groups in total. The van der Waals surface area contributed by atoms with E-state index in [-0.39, 0.29) is 23.9 Å². The van der Waals surface area contributed by atoms with Crippen LogP contribution in [0.25, 0.3) is 27.9 Å². The molecule has 2 aliphatic heterocycles. The lowest BCUT2D eigenvalue weighted by atomic mass is 9.95. The van der Waals surface area contributed by atoms with Crippen LogP contribution in [0.15, 0.2) is 24.7 Å². The first kappa shape index (κ1) is 29.6.